The number of sulfonamides is 1. The van der Waals surface area contributed by atoms with Crippen LogP contribution in [0.4, 0.5) is 5.69 Å². The first-order valence-corrected chi connectivity index (χ1v) is 7.69. The summed E-state index contributed by atoms with van der Waals surface area (Å²) < 4.78 is 26.5. The molecule has 1 aromatic carbocycles. The predicted molar refractivity (Wildman–Crippen MR) is 72.1 cm³/mol. The van der Waals surface area contributed by atoms with E-state index in [1.807, 2.05) is 5.38 Å². The van der Waals surface area contributed by atoms with E-state index in [-0.39, 0.29) is 11.4 Å². The Morgan fingerprint density at radius 1 is 1.28 bits per heavy atom. The molecule has 7 heteroatoms. The van der Waals surface area contributed by atoms with Crippen LogP contribution in [-0.2, 0) is 16.6 Å². The fourth-order valence-electron chi connectivity index (χ4n) is 1.38. The van der Waals surface area contributed by atoms with Crippen molar-refractivity contribution in [3.05, 3.63) is 40.8 Å². The molecule has 1 heterocycles. The van der Waals surface area contributed by atoms with Gasteiger partial charge >= 0.3 is 0 Å². The second kappa shape index (κ2) is 5.47. The van der Waals surface area contributed by atoms with Crippen LogP contribution in [0.25, 0.3) is 0 Å². The largest absolute Gasteiger partial charge is 0.388 e. The lowest BCUT2D eigenvalue weighted by molar-refractivity contribution is 0.580. The molecule has 2 rings (SSSR count). The average Bonchev–Trinajstić information content (AvgIpc) is 2.90. The van der Waals surface area contributed by atoms with E-state index < -0.39 is 10.0 Å². The van der Waals surface area contributed by atoms with Crippen LogP contribution in [0, 0.1) is 0 Å². The Bertz CT molecular complexity index is 592. The van der Waals surface area contributed by atoms with Gasteiger partial charge in [0, 0.05) is 18.1 Å². The van der Waals surface area contributed by atoms with Crippen LogP contribution in [0.2, 0.25) is 0 Å². The van der Waals surface area contributed by atoms with Gasteiger partial charge in [0.1, 0.15) is 0 Å². The maximum atomic E-state index is 12.0. The predicted octanol–water partition coefficient (Wildman–Crippen LogP) is 1.66. The van der Waals surface area contributed by atoms with Gasteiger partial charge in [-0.2, -0.15) is 0 Å². The molecule has 2 N–H and O–H groups in total. The number of benzene rings is 1. The molecule has 1 aromatic heterocycles. The van der Waals surface area contributed by atoms with Gasteiger partial charge in [-0.1, -0.05) is 0 Å². The van der Waals surface area contributed by atoms with Crippen molar-refractivity contribution in [3.63, 3.8) is 0 Å². The third-order valence-corrected chi connectivity index (χ3v) is 4.43. The highest BCUT2D eigenvalue weighted by Crippen LogP contribution is 2.13. The molecule has 96 valence electrons. The summed E-state index contributed by atoms with van der Waals surface area (Å²) in [5.41, 5.74) is 3.26. The van der Waals surface area contributed by atoms with Crippen molar-refractivity contribution in [2.45, 2.75) is 11.4 Å². The summed E-state index contributed by atoms with van der Waals surface area (Å²) in [6, 6.07) is 6.57. The second-order valence-electron chi connectivity index (χ2n) is 3.58. The van der Waals surface area contributed by atoms with E-state index >= 15 is 0 Å². The van der Waals surface area contributed by atoms with Gasteiger partial charge < -0.3 is 5.32 Å². The molecule has 5 nitrogen and oxygen atoms in total. The van der Waals surface area contributed by atoms with Crippen molar-refractivity contribution >= 4 is 27.0 Å². The van der Waals surface area contributed by atoms with Crippen molar-refractivity contribution in [1.29, 1.82) is 0 Å². The van der Waals surface area contributed by atoms with Gasteiger partial charge in [-0.25, -0.2) is 18.1 Å². The average molecular weight is 283 g/mol. The molecule has 0 radical (unpaired) electrons. The zero-order valence-electron chi connectivity index (χ0n) is 9.75. The summed E-state index contributed by atoms with van der Waals surface area (Å²) in [4.78, 5) is 4.27. The Hall–Kier alpha value is -1.44. The SMILES string of the molecule is CNc1ccc(S(=O)(=O)NCc2cscn2)cc1. The van der Waals surface area contributed by atoms with Crippen LogP contribution in [0.15, 0.2) is 40.1 Å². The topological polar surface area (TPSA) is 71.1 Å². The summed E-state index contributed by atoms with van der Waals surface area (Å²) in [5, 5.41) is 4.75. The molecule has 0 bridgehead atoms. The van der Waals surface area contributed by atoms with E-state index in [1.54, 1.807) is 36.8 Å². The maximum Gasteiger partial charge on any atom is 0.240 e. The van der Waals surface area contributed by atoms with E-state index in [4.69, 9.17) is 0 Å². The van der Waals surface area contributed by atoms with Crippen LogP contribution in [0.5, 0.6) is 0 Å². The molecular weight excluding hydrogens is 270 g/mol. The van der Waals surface area contributed by atoms with Gasteiger partial charge in [0.25, 0.3) is 0 Å². The van der Waals surface area contributed by atoms with Gasteiger partial charge in [0.15, 0.2) is 0 Å². The van der Waals surface area contributed by atoms with Gasteiger partial charge in [-0.05, 0) is 24.3 Å². The molecule has 0 aliphatic rings. The van der Waals surface area contributed by atoms with Crippen LogP contribution in [-0.4, -0.2) is 20.4 Å². The minimum Gasteiger partial charge on any atom is -0.388 e. The number of thiazole rings is 1. The Labute approximate surface area is 110 Å². The van der Waals surface area contributed by atoms with Crippen molar-refractivity contribution in [2.75, 3.05) is 12.4 Å². The second-order valence-corrected chi connectivity index (χ2v) is 6.06. The zero-order chi connectivity index (χ0) is 13.0. The fourth-order valence-corrected chi connectivity index (χ4v) is 2.94. The van der Waals surface area contributed by atoms with Crippen LogP contribution >= 0.6 is 11.3 Å². The molecular formula is C11H13N3O2S2. The number of rotatable bonds is 5. The summed E-state index contributed by atoms with van der Waals surface area (Å²) in [5.74, 6) is 0. The van der Waals surface area contributed by atoms with E-state index in [1.165, 1.54) is 11.3 Å². The number of anilines is 1. The lowest BCUT2D eigenvalue weighted by Gasteiger charge is -2.06. The third kappa shape index (κ3) is 3.06. The minimum absolute atomic E-state index is 0.208. The molecule has 2 aromatic rings. The highest BCUT2D eigenvalue weighted by atomic mass is 32.2. The summed E-state index contributed by atoms with van der Waals surface area (Å²) >= 11 is 1.44. The molecule has 0 saturated carbocycles. The number of aromatic nitrogens is 1. The Morgan fingerprint density at radius 3 is 2.56 bits per heavy atom. The van der Waals surface area contributed by atoms with Gasteiger partial charge in [0.05, 0.1) is 22.6 Å². The van der Waals surface area contributed by atoms with E-state index in [2.05, 4.69) is 15.0 Å². The molecule has 0 aliphatic carbocycles. The molecule has 0 unspecified atom stereocenters. The lowest BCUT2D eigenvalue weighted by Crippen LogP contribution is -2.23. The highest BCUT2D eigenvalue weighted by Gasteiger charge is 2.13. The Kier molecular flexibility index (Phi) is 3.95. The first-order valence-electron chi connectivity index (χ1n) is 5.26. The molecule has 0 fully saturated rings. The quantitative estimate of drug-likeness (QED) is 0.875. The smallest absolute Gasteiger partial charge is 0.240 e. The van der Waals surface area contributed by atoms with Gasteiger partial charge in [-0.3, -0.25) is 0 Å². The standard InChI is InChI=1S/C11H13N3O2S2/c1-12-9-2-4-11(5-3-9)18(15,16)14-6-10-7-17-8-13-10/h2-5,7-8,12,14H,6H2,1H3. The minimum atomic E-state index is -3.47. The molecule has 0 amide bonds. The Morgan fingerprint density at radius 2 is 2.00 bits per heavy atom. The zero-order valence-corrected chi connectivity index (χ0v) is 11.4. The summed E-state index contributed by atoms with van der Waals surface area (Å²) in [6.07, 6.45) is 0. The normalized spacial score (nSPS) is 11.4. The number of hydrogen-bond acceptors (Lipinski definition) is 5. The van der Waals surface area contributed by atoms with Crippen LogP contribution < -0.4 is 10.0 Å². The monoisotopic (exact) mass is 283 g/mol. The van der Waals surface area contributed by atoms with Crippen molar-refractivity contribution in [1.82, 2.24) is 9.71 Å². The van der Waals surface area contributed by atoms with Crippen molar-refractivity contribution in [3.8, 4) is 0 Å². The first-order chi connectivity index (χ1) is 8.62. The third-order valence-electron chi connectivity index (χ3n) is 2.38. The van der Waals surface area contributed by atoms with Crippen molar-refractivity contribution in [2.24, 2.45) is 0 Å². The van der Waals surface area contributed by atoms with Gasteiger partial charge in [-0.15, -0.1) is 11.3 Å². The molecule has 0 atom stereocenters. The fraction of sp³-hybridized carbons (Fsp3) is 0.182. The molecule has 0 saturated heterocycles. The van der Waals surface area contributed by atoms with E-state index in [0.29, 0.717) is 0 Å². The van der Waals surface area contributed by atoms with Crippen LogP contribution in [0.1, 0.15) is 5.69 Å². The summed E-state index contributed by atoms with van der Waals surface area (Å²) in [7, 11) is -1.69. The Balaban J connectivity index is 2.09. The molecule has 0 aliphatic heterocycles. The van der Waals surface area contributed by atoms with E-state index in [0.717, 1.165) is 11.4 Å². The maximum absolute atomic E-state index is 12.0. The number of hydrogen-bond donors (Lipinski definition) is 2. The molecule has 0 spiro atoms. The van der Waals surface area contributed by atoms with Crippen molar-refractivity contribution < 1.29 is 8.42 Å². The number of nitrogens with zero attached hydrogens (tertiary/aromatic N) is 1. The first kappa shape index (κ1) is 13.0. The highest BCUT2D eigenvalue weighted by molar-refractivity contribution is 7.89. The van der Waals surface area contributed by atoms with E-state index in [9.17, 15) is 8.42 Å². The molecule has 18 heavy (non-hydrogen) atoms. The summed E-state index contributed by atoms with van der Waals surface area (Å²) in [6.45, 7) is 0.208. The van der Waals surface area contributed by atoms with Crippen LogP contribution in [0.3, 0.4) is 0 Å². The van der Waals surface area contributed by atoms with Gasteiger partial charge in [0.2, 0.25) is 10.0 Å². The lowest BCUT2D eigenvalue weighted by atomic mass is 10.3. The number of nitrogens with one attached hydrogen (secondary N) is 2.